The average molecular weight is 382 g/mol. The van der Waals surface area contributed by atoms with Crippen molar-refractivity contribution in [2.75, 3.05) is 6.54 Å². The lowest BCUT2D eigenvalue weighted by Gasteiger charge is -2.21. The third-order valence-electron chi connectivity index (χ3n) is 3.35. The van der Waals surface area contributed by atoms with Crippen LogP contribution in [0.1, 0.15) is 27.7 Å². The molecule has 142 valence electrons. The number of nitrogens with one attached hydrogen (secondary N) is 3. The van der Waals surface area contributed by atoms with Gasteiger partial charge in [-0.15, -0.1) is 11.3 Å². The number of H-pyrrole nitrogens is 1. The molecule has 0 saturated carbocycles. The molecule has 2 aromatic rings. The summed E-state index contributed by atoms with van der Waals surface area (Å²) in [5, 5.41) is 6.72. The second-order valence-corrected chi connectivity index (χ2v) is 7.63. The number of ether oxygens (including phenoxy) is 1. The number of thiophene rings is 1. The fourth-order valence-electron chi connectivity index (χ4n) is 2.17. The first-order valence-corrected chi connectivity index (χ1v) is 8.94. The minimum atomic E-state index is -0.820. The Labute approximate surface area is 153 Å². The number of aromatic amines is 1. The maximum Gasteiger partial charge on any atom is 0.408 e. The van der Waals surface area contributed by atoms with Gasteiger partial charge in [-0.3, -0.25) is 14.2 Å². The predicted octanol–water partition coefficient (Wildman–Crippen LogP) is 0.781. The van der Waals surface area contributed by atoms with Crippen LogP contribution in [0.15, 0.2) is 21.0 Å². The first kappa shape index (κ1) is 19.7. The molecule has 0 spiro atoms. The van der Waals surface area contributed by atoms with Gasteiger partial charge in [0.2, 0.25) is 5.91 Å². The lowest BCUT2D eigenvalue weighted by atomic mass is 10.2. The van der Waals surface area contributed by atoms with Crippen LogP contribution in [-0.2, 0) is 16.1 Å². The predicted molar refractivity (Wildman–Crippen MR) is 98.5 cm³/mol. The quantitative estimate of drug-likeness (QED) is 0.705. The van der Waals surface area contributed by atoms with Gasteiger partial charge in [-0.25, -0.2) is 9.59 Å². The lowest BCUT2D eigenvalue weighted by molar-refractivity contribution is -0.122. The van der Waals surface area contributed by atoms with E-state index < -0.39 is 34.9 Å². The van der Waals surface area contributed by atoms with E-state index in [-0.39, 0.29) is 13.1 Å². The van der Waals surface area contributed by atoms with Crippen molar-refractivity contribution in [3.63, 3.8) is 0 Å². The number of aromatic nitrogens is 2. The number of hydrogen-bond donors (Lipinski definition) is 3. The topological polar surface area (TPSA) is 122 Å². The van der Waals surface area contributed by atoms with Crippen LogP contribution in [0.5, 0.6) is 0 Å². The summed E-state index contributed by atoms with van der Waals surface area (Å²) < 4.78 is 6.56. The first-order valence-electron chi connectivity index (χ1n) is 8.06. The third kappa shape index (κ3) is 4.94. The molecule has 0 saturated heterocycles. The van der Waals surface area contributed by atoms with Gasteiger partial charge in [0.15, 0.2) is 0 Å². The zero-order valence-corrected chi connectivity index (χ0v) is 15.9. The molecule has 0 aliphatic rings. The zero-order chi connectivity index (χ0) is 19.5. The Morgan fingerprint density at radius 1 is 1.35 bits per heavy atom. The van der Waals surface area contributed by atoms with Crippen LogP contribution < -0.4 is 21.9 Å². The molecule has 2 aromatic heterocycles. The summed E-state index contributed by atoms with van der Waals surface area (Å²) in [4.78, 5) is 50.5. The fraction of sp³-hybridized carbons (Fsp3) is 0.500. The van der Waals surface area contributed by atoms with Crippen molar-refractivity contribution < 1.29 is 14.3 Å². The molecule has 0 radical (unpaired) electrons. The molecule has 2 amide bonds. The Morgan fingerprint density at radius 2 is 2.04 bits per heavy atom. The van der Waals surface area contributed by atoms with Gasteiger partial charge in [0.25, 0.3) is 5.56 Å². The lowest BCUT2D eigenvalue weighted by Crippen LogP contribution is -2.47. The van der Waals surface area contributed by atoms with Gasteiger partial charge in [0.1, 0.15) is 16.3 Å². The largest absolute Gasteiger partial charge is 0.444 e. The number of fused-ring (bicyclic) bond motifs is 1. The molecule has 3 N–H and O–H groups in total. The number of hydrogen-bond acceptors (Lipinski definition) is 6. The number of carbonyl (C=O) groups excluding carboxylic acids is 2. The van der Waals surface area contributed by atoms with Crippen LogP contribution in [0, 0.1) is 0 Å². The van der Waals surface area contributed by atoms with Crippen molar-refractivity contribution in [2.45, 2.75) is 45.9 Å². The zero-order valence-electron chi connectivity index (χ0n) is 15.0. The summed E-state index contributed by atoms with van der Waals surface area (Å²) in [6.07, 6.45) is -0.698. The van der Waals surface area contributed by atoms with Gasteiger partial charge in [0, 0.05) is 13.1 Å². The Morgan fingerprint density at radius 3 is 2.69 bits per heavy atom. The number of carbonyl (C=O) groups is 2. The van der Waals surface area contributed by atoms with Crippen molar-refractivity contribution in [1.29, 1.82) is 0 Å². The van der Waals surface area contributed by atoms with Crippen molar-refractivity contribution >= 4 is 33.6 Å². The molecule has 0 fully saturated rings. The van der Waals surface area contributed by atoms with E-state index in [1.54, 1.807) is 32.2 Å². The highest BCUT2D eigenvalue weighted by Gasteiger charge is 2.20. The highest BCUT2D eigenvalue weighted by molar-refractivity contribution is 7.17. The van der Waals surface area contributed by atoms with Crippen LogP contribution in [-0.4, -0.2) is 39.7 Å². The van der Waals surface area contributed by atoms with Gasteiger partial charge < -0.3 is 20.4 Å². The molecule has 26 heavy (non-hydrogen) atoms. The molecule has 0 aliphatic carbocycles. The van der Waals surface area contributed by atoms with Crippen molar-refractivity contribution in [1.82, 2.24) is 20.2 Å². The number of amides is 2. The van der Waals surface area contributed by atoms with Crippen LogP contribution in [0.25, 0.3) is 10.2 Å². The van der Waals surface area contributed by atoms with Crippen molar-refractivity contribution in [3.05, 3.63) is 32.3 Å². The molecule has 0 bridgehead atoms. The molecular weight excluding hydrogens is 360 g/mol. The summed E-state index contributed by atoms with van der Waals surface area (Å²) >= 11 is 1.24. The molecule has 1 atom stereocenters. The minimum Gasteiger partial charge on any atom is -0.444 e. The Hall–Kier alpha value is -2.62. The fourth-order valence-corrected chi connectivity index (χ4v) is 2.97. The maximum absolute atomic E-state index is 12.3. The van der Waals surface area contributed by atoms with Crippen molar-refractivity contribution in [2.24, 2.45) is 0 Å². The van der Waals surface area contributed by atoms with Crippen LogP contribution in [0.2, 0.25) is 0 Å². The third-order valence-corrected chi connectivity index (χ3v) is 4.25. The van der Waals surface area contributed by atoms with Crippen LogP contribution in [0.3, 0.4) is 0 Å². The Bertz CT molecular complexity index is 921. The van der Waals surface area contributed by atoms with Crippen LogP contribution >= 0.6 is 11.3 Å². The van der Waals surface area contributed by atoms with E-state index in [0.717, 1.165) is 4.57 Å². The van der Waals surface area contributed by atoms with E-state index in [9.17, 15) is 19.2 Å². The number of rotatable bonds is 5. The first-order chi connectivity index (χ1) is 12.1. The molecule has 0 aromatic carbocycles. The smallest absolute Gasteiger partial charge is 0.408 e. The monoisotopic (exact) mass is 382 g/mol. The molecule has 9 nitrogen and oxygen atoms in total. The number of alkyl carbamates (subject to hydrolysis) is 1. The van der Waals surface area contributed by atoms with Gasteiger partial charge in [0.05, 0.1) is 5.52 Å². The summed E-state index contributed by atoms with van der Waals surface area (Å²) in [6.45, 7) is 6.76. The van der Waals surface area contributed by atoms with Gasteiger partial charge in [-0.05, 0) is 39.1 Å². The van der Waals surface area contributed by atoms with E-state index in [1.807, 2.05) is 0 Å². The Kier molecular flexibility index (Phi) is 5.86. The molecule has 2 heterocycles. The van der Waals surface area contributed by atoms with Gasteiger partial charge in [-0.2, -0.15) is 0 Å². The van der Waals surface area contributed by atoms with E-state index in [2.05, 4.69) is 15.6 Å². The normalized spacial score (nSPS) is 12.6. The Balaban J connectivity index is 1.91. The molecular formula is C16H22N4O5S. The van der Waals surface area contributed by atoms with Gasteiger partial charge in [-0.1, -0.05) is 0 Å². The number of nitrogens with zero attached hydrogens (tertiary/aromatic N) is 1. The maximum atomic E-state index is 12.3. The van der Waals surface area contributed by atoms with E-state index in [1.165, 1.54) is 18.3 Å². The highest BCUT2D eigenvalue weighted by atomic mass is 32.1. The highest BCUT2D eigenvalue weighted by Crippen LogP contribution is 2.11. The van der Waals surface area contributed by atoms with E-state index in [4.69, 9.17) is 4.74 Å². The summed E-state index contributed by atoms with van der Waals surface area (Å²) in [5.74, 6) is -0.447. The van der Waals surface area contributed by atoms with Gasteiger partial charge >= 0.3 is 11.8 Å². The van der Waals surface area contributed by atoms with Crippen LogP contribution in [0.4, 0.5) is 4.79 Å². The standard InChI is InChI=1S/C16H22N4O5S/c1-9(18-15(24)25-16(2,3)4)12(21)17-6-7-20-13(22)11-10(5-8-26-11)19-14(20)23/h5,8-9H,6-7H2,1-4H3,(H,17,21)(H,18,24)(H,19,23)/t9-/m1/s1. The molecule has 0 aliphatic heterocycles. The average Bonchev–Trinajstić information content (AvgIpc) is 2.96. The molecule has 0 unspecified atom stereocenters. The molecule has 10 heteroatoms. The second kappa shape index (κ2) is 7.73. The van der Waals surface area contributed by atoms with E-state index in [0.29, 0.717) is 10.2 Å². The summed E-state index contributed by atoms with van der Waals surface area (Å²) in [6, 6.07) is 0.846. The van der Waals surface area contributed by atoms with E-state index >= 15 is 0 Å². The van der Waals surface area contributed by atoms with Crippen molar-refractivity contribution in [3.8, 4) is 0 Å². The molecule has 2 rings (SSSR count). The second-order valence-electron chi connectivity index (χ2n) is 6.71. The summed E-state index contributed by atoms with van der Waals surface area (Å²) in [5.41, 5.74) is -1.09. The SMILES string of the molecule is C[C@@H](NC(=O)OC(C)(C)C)C(=O)NCCn1c(=O)[nH]c2ccsc2c1=O. The minimum absolute atomic E-state index is 0.0207. The summed E-state index contributed by atoms with van der Waals surface area (Å²) in [7, 11) is 0.